The quantitative estimate of drug-likeness (QED) is 0.0987. The van der Waals surface area contributed by atoms with Crippen LogP contribution >= 0.6 is 50.9 Å². The Bertz CT molecular complexity index is 1850. The van der Waals surface area contributed by atoms with Gasteiger partial charge < -0.3 is 16.0 Å². The van der Waals surface area contributed by atoms with Gasteiger partial charge in [0.2, 0.25) is 5.91 Å². The molecule has 1 unspecified atom stereocenters. The SMILES string of the molecule is O=C(Nc1ccc(SC(C(=O)Nc2cc(Cl)cc(Cl)c2)c2ccccc2)cc1)/C(=C/c1ccc(Br)cc1)NC(=O)c1ccccc1. The predicted molar refractivity (Wildman–Crippen MR) is 191 cm³/mol. The van der Waals surface area contributed by atoms with Crippen LogP contribution in [0.3, 0.4) is 0 Å². The molecule has 46 heavy (non-hydrogen) atoms. The van der Waals surface area contributed by atoms with E-state index in [1.54, 1.807) is 60.7 Å². The third-order valence-corrected chi connectivity index (χ3v) is 8.78. The van der Waals surface area contributed by atoms with E-state index in [9.17, 15) is 14.4 Å². The summed E-state index contributed by atoms with van der Waals surface area (Å²) in [6.07, 6.45) is 1.61. The Labute approximate surface area is 289 Å². The summed E-state index contributed by atoms with van der Waals surface area (Å²) in [5.74, 6) is -1.14. The Morgan fingerprint density at radius 1 is 0.696 bits per heavy atom. The van der Waals surface area contributed by atoms with Gasteiger partial charge in [-0.2, -0.15) is 0 Å². The molecule has 10 heteroatoms. The zero-order chi connectivity index (χ0) is 32.5. The van der Waals surface area contributed by atoms with Crippen LogP contribution in [0.1, 0.15) is 26.7 Å². The highest BCUT2D eigenvalue weighted by atomic mass is 79.9. The van der Waals surface area contributed by atoms with Crippen LogP contribution in [0.4, 0.5) is 11.4 Å². The van der Waals surface area contributed by atoms with E-state index < -0.39 is 17.1 Å². The first kappa shape index (κ1) is 33.0. The van der Waals surface area contributed by atoms with E-state index in [1.807, 2.05) is 72.8 Å². The van der Waals surface area contributed by atoms with Crippen LogP contribution in [0.5, 0.6) is 0 Å². The lowest BCUT2D eigenvalue weighted by Gasteiger charge is -2.18. The number of amides is 3. The molecule has 5 rings (SSSR count). The number of halogens is 3. The van der Waals surface area contributed by atoms with Crippen molar-refractivity contribution in [3.63, 3.8) is 0 Å². The minimum absolute atomic E-state index is 0.0801. The Balaban J connectivity index is 1.33. The molecule has 0 radical (unpaired) electrons. The second-order valence-electron chi connectivity index (χ2n) is 9.96. The number of nitrogens with one attached hydrogen (secondary N) is 3. The van der Waals surface area contributed by atoms with Crippen LogP contribution in [-0.4, -0.2) is 17.7 Å². The molecule has 0 heterocycles. The van der Waals surface area contributed by atoms with Crippen molar-refractivity contribution in [1.29, 1.82) is 0 Å². The first-order chi connectivity index (χ1) is 22.2. The summed E-state index contributed by atoms with van der Waals surface area (Å²) in [6, 6.07) is 37.5. The van der Waals surface area contributed by atoms with Crippen LogP contribution in [-0.2, 0) is 9.59 Å². The van der Waals surface area contributed by atoms with Crippen molar-refractivity contribution in [3.05, 3.63) is 164 Å². The van der Waals surface area contributed by atoms with E-state index in [0.717, 1.165) is 20.5 Å². The van der Waals surface area contributed by atoms with Gasteiger partial charge in [0.05, 0.1) is 0 Å². The van der Waals surface area contributed by atoms with Gasteiger partial charge in [0.15, 0.2) is 0 Å². The summed E-state index contributed by atoms with van der Waals surface area (Å²) < 4.78 is 0.891. The molecule has 0 aromatic heterocycles. The molecule has 0 aliphatic heterocycles. The number of carbonyl (C=O) groups excluding carboxylic acids is 3. The van der Waals surface area contributed by atoms with Crippen LogP contribution in [0.15, 0.2) is 142 Å². The maximum atomic E-state index is 13.5. The monoisotopic (exact) mass is 729 g/mol. The molecule has 6 nitrogen and oxygen atoms in total. The van der Waals surface area contributed by atoms with Gasteiger partial charge in [-0.3, -0.25) is 14.4 Å². The fourth-order valence-corrected chi connectivity index (χ4v) is 6.17. The van der Waals surface area contributed by atoms with Gasteiger partial charge in [0.1, 0.15) is 10.9 Å². The summed E-state index contributed by atoms with van der Waals surface area (Å²) in [5.41, 5.74) is 3.06. The molecular formula is C36H26BrCl2N3O3S. The van der Waals surface area contributed by atoms with E-state index in [2.05, 4.69) is 31.9 Å². The van der Waals surface area contributed by atoms with Gasteiger partial charge in [-0.25, -0.2) is 0 Å². The number of carbonyl (C=O) groups is 3. The van der Waals surface area contributed by atoms with Crippen molar-refractivity contribution in [2.24, 2.45) is 0 Å². The smallest absolute Gasteiger partial charge is 0.272 e. The van der Waals surface area contributed by atoms with Gasteiger partial charge in [-0.05, 0) is 83.9 Å². The molecule has 0 spiro atoms. The normalized spacial score (nSPS) is 11.8. The van der Waals surface area contributed by atoms with Crippen LogP contribution < -0.4 is 16.0 Å². The van der Waals surface area contributed by atoms with Gasteiger partial charge in [-0.15, -0.1) is 11.8 Å². The Morgan fingerprint density at radius 2 is 1.30 bits per heavy atom. The Morgan fingerprint density at radius 3 is 1.93 bits per heavy atom. The molecule has 0 aliphatic rings. The average molecular weight is 731 g/mol. The topological polar surface area (TPSA) is 87.3 Å². The van der Waals surface area contributed by atoms with Crippen LogP contribution in [0.25, 0.3) is 6.08 Å². The largest absolute Gasteiger partial charge is 0.325 e. The lowest BCUT2D eigenvalue weighted by atomic mass is 10.1. The van der Waals surface area contributed by atoms with Crippen molar-refractivity contribution < 1.29 is 14.4 Å². The second kappa shape index (κ2) is 15.8. The van der Waals surface area contributed by atoms with Gasteiger partial charge in [-0.1, -0.05) is 99.8 Å². The van der Waals surface area contributed by atoms with Crippen LogP contribution in [0.2, 0.25) is 10.0 Å². The highest BCUT2D eigenvalue weighted by molar-refractivity contribution is 9.10. The minimum Gasteiger partial charge on any atom is -0.325 e. The number of hydrogen-bond donors (Lipinski definition) is 3. The van der Waals surface area contributed by atoms with E-state index in [-0.39, 0.29) is 11.6 Å². The van der Waals surface area contributed by atoms with Crippen molar-refractivity contribution in [2.45, 2.75) is 10.1 Å². The van der Waals surface area contributed by atoms with E-state index in [4.69, 9.17) is 23.2 Å². The molecule has 3 amide bonds. The fourth-order valence-electron chi connectivity index (χ4n) is 4.35. The van der Waals surface area contributed by atoms with Crippen molar-refractivity contribution >= 4 is 86.1 Å². The lowest BCUT2D eigenvalue weighted by molar-refractivity contribution is -0.116. The van der Waals surface area contributed by atoms with Crippen molar-refractivity contribution in [1.82, 2.24) is 5.32 Å². The lowest BCUT2D eigenvalue weighted by Crippen LogP contribution is -2.30. The summed E-state index contributed by atoms with van der Waals surface area (Å²) >= 11 is 17.0. The molecule has 0 fully saturated rings. The first-order valence-electron chi connectivity index (χ1n) is 14.0. The van der Waals surface area contributed by atoms with Gasteiger partial charge >= 0.3 is 0 Å². The summed E-state index contributed by atoms with van der Waals surface area (Å²) in [7, 11) is 0. The second-order valence-corrected chi connectivity index (χ2v) is 12.9. The zero-order valence-electron chi connectivity index (χ0n) is 24.0. The maximum Gasteiger partial charge on any atom is 0.272 e. The number of hydrogen-bond acceptors (Lipinski definition) is 4. The minimum atomic E-state index is -0.590. The molecule has 5 aromatic carbocycles. The first-order valence-corrected chi connectivity index (χ1v) is 16.4. The average Bonchev–Trinajstić information content (AvgIpc) is 3.05. The predicted octanol–water partition coefficient (Wildman–Crippen LogP) is 9.64. The zero-order valence-corrected chi connectivity index (χ0v) is 28.0. The summed E-state index contributed by atoms with van der Waals surface area (Å²) in [4.78, 5) is 40.6. The number of thioether (sulfide) groups is 1. The third kappa shape index (κ3) is 9.34. The molecule has 3 N–H and O–H groups in total. The maximum absolute atomic E-state index is 13.5. The Hall–Kier alpha value is -4.34. The number of anilines is 2. The summed E-state index contributed by atoms with van der Waals surface area (Å²) in [5, 5.41) is 8.76. The molecule has 0 bridgehead atoms. The fraction of sp³-hybridized carbons (Fsp3) is 0.0278. The van der Waals surface area contributed by atoms with Crippen LogP contribution in [0, 0.1) is 0 Å². The molecule has 0 aliphatic carbocycles. The molecular weight excluding hydrogens is 705 g/mol. The third-order valence-electron chi connectivity index (χ3n) is 6.55. The van der Waals surface area contributed by atoms with Gasteiger partial charge in [0, 0.05) is 36.4 Å². The molecule has 230 valence electrons. The summed E-state index contributed by atoms with van der Waals surface area (Å²) in [6.45, 7) is 0. The van der Waals surface area contributed by atoms with Crippen molar-refractivity contribution in [2.75, 3.05) is 10.6 Å². The highest BCUT2D eigenvalue weighted by Gasteiger charge is 2.23. The van der Waals surface area contributed by atoms with E-state index in [0.29, 0.717) is 27.0 Å². The molecule has 0 saturated heterocycles. The standard InChI is InChI=1S/C36H26BrCl2N3O3S/c37-26-13-11-23(12-14-26)19-32(42-34(43)25-9-5-2-6-10-25)35(44)40-29-15-17-31(18-16-29)46-33(24-7-3-1-4-8-24)36(45)41-30-21-27(38)20-28(39)22-30/h1-22,33H,(H,40,44)(H,41,45)(H,42,43)/b32-19-. The number of benzene rings is 5. The highest BCUT2D eigenvalue weighted by Crippen LogP contribution is 2.37. The van der Waals surface area contributed by atoms with Crippen molar-refractivity contribution in [3.8, 4) is 0 Å². The molecule has 1 atom stereocenters. The van der Waals surface area contributed by atoms with E-state index >= 15 is 0 Å². The van der Waals surface area contributed by atoms with E-state index in [1.165, 1.54) is 11.8 Å². The Kier molecular flexibility index (Phi) is 11.3. The van der Waals surface area contributed by atoms with Gasteiger partial charge in [0.25, 0.3) is 11.8 Å². The molecule has 5 aromatic rings. The molecule has 0 saturated carbocycles. The number of rotatable bonds is 10.